The summed E-state index contributed by atoms with van der Waals surface area (Å²) in [5.74, 6) is -1.09. The van der Waals surface area contributed by atoms with Gasteiger partial charge >= 0.3 is 12.1 Å². The summed E-state index contributed by atoms with van der Waals surface area (Å²) in [6.07, 6.45) is -1.70. The standard InChI is InChI=1S/C22H27F2N3O4/c1-5-30-20(28)17-8-6-13-14(23)7-9-18(19(13)25-17)27-11-10-16(15(24)12-27)26-21(29)31-22(2,3)4/h6-9,15-16H,5,10-12H2,1-4H3,(H,26,29). The number of amides is 1. The number of esters is 1. The molecule has 0 saturated carbocycles. The minimum Gasteiger partial charge on any atom is -0.461 e. The molecule has 0 bridgehead atoms. The first-order chi connectivity index (χ1) is 14.6. The molecule has 0 spiro atoms. The number of carbonyl (C=O) groups is 2. The predicted octanol–water partition coefficient (Wildman–Crippen LogP) is 3.99. The Morgan fingerprint density at radius 2 is 2.00 bits per heavy atom. The Morgan fingerprint density at radius 1 is 1.26 bits per heavy atom. The molecule has 1 aromatic heterocycles. The number of alkyl carbamates (subject to hydrolysis) is 1. The summed E-state index contributed by atoms with van der Waals surface area (Å²) in [7, 11) is 0. The molecule has 2 atom stereocenters. The van der Waals surface area contributed by atoms with E-state index >= 15 is 0 Å². The number of anilines is 1. The molecule has 2 unspecified atom stereocenters. The number of hydrogen-bond donors (Lipinski definition) is 1. The van der Waals surface area contributed by atoms with Crippen molar-refractivity contribution in [1.82, 2.24) is 10.3 Å². The lowest BCUT2D eigenvalue weighted by atomic mass is 10.0. The van der Waals surface area contributed by atoms with Gasteiger partial charge < -0.3 is 19.7 Å². The van der Waals surface area contributed by atoms with E-state index in [2.05, 4.69) is 10.3 Å². The number of rotatable bonds is 4. The number of benzene rings is 1. The lowest BCUT2D eigenvalue weighted by Crippen LogP contribution is -2.53. The van der Waals surface area contributed by atoms with E-state index in [1.807, 2.05) is 0 Å². The Labute approximate surface area is 179 Å². The van der Waals surface area contributed by atoms with Gasteiger partial charge in [-0.05, 0) is 58.4 Å². The number of carbonyl (C=O) groups excluding carboxylic acids is 2. The van der Waals surface area contributed by atoms with Crippen molar-refractivity contribution in [1.29, 1.82) is 0 Å². The second-order valence-corrected chi connectivity index (χ2v) is 8.38. The van der Waals surface area contributed by atoms with Crippen molar-refractivity contribution < 1.29 is 27.8 Å². The van der Waals surface area contributed by atoms with Gasteiger partial charge in [0.2, 0.25) is 0 Å². The third-order valence-corrected chi connectivity index (χ3v) is 4.85. The number of fused-ring (bicyclic) bond motifs is 1. The van der Waals surface area contributed by atoms with E-state index in [-0.39, 0.29) is 29.7 Å². The third kappa shape index (κ3) is 5.39. The van der Waals surface area contributed by atoms with E-state index in [9.17, 15) is 18.4 Å². The summed E-state index contributed by atoms with van der Waals surface area (Å²) in [6, 6.07) is 5.00. The second kappa shape index (κ2) is 9.03. The topological polar surface area (TPSA) is 80.8 Å². The van der Waals surface area contributed by atoms with Gasteiger partial charge in [0.15, 0.2) is 0 Å². The molecule has 7 nitrogen and oxygen atoms in total. The number of aromatic nitrogens is 1. The molecular weight excluding hydrogens is 408 g/mol. The highest BCUT2D eigenvalue weighted by Gasteiger charge is 2.32. The van der Waals surface area contributed by atoms with Crippen LogP contribution in [0.1, 0.15) is 44.6 Å². The summed E-state index contributed by atoms with van der Waals surface area (Å²) in [5, 5.41) is 2.81. The van der Waals surface area contributed by atoms with Crippen molar-refractivity contribution in [2.24, 2.45) is 0 Å². The molecule has 1 saturated heterocycles. The third-order valence-electron chi connectivity index (χ3n) is 4.85. The van der Waals surface area contributed by atoms with Crippen LogP contribution in [-0.2, 0) is 9.47 Å². The molecule has 9 heteroatoms. The Hall–Kier alpha value is -2.97. The Morgan fingerprint density at radius 3 is 2.65 bits per heavy atom. The molecule has 31 heavy (non-hydrogen) atoms. The van der Waals surface area contributed by atoms with Crippen LogP contribution in [0.2, 0.25) is 0 Å². The lowest BCUT2D eigenvalue weighted by molar-refractivity contribution is 0.0462. The van der Waals surface area contributed by atoms with Gasteiger partial charge in [-0.15, -0.1) is 0 Å². The minimum atomic E-state index is -1.37. The van der Waals surface area contributed by atoms with Crippen LogP contribution in [0.5, 0.6) is 0 Å². The Bertz CT molecular complexity index is 977. The highest BCUT2D eigenvalue weighted by atomic mass is 19.1. The van der Waals surface area contributed by atoms with Crippen molar-refractivity contribution in [3.63, 3.8) is 0 Å². The van der Waals surface area contributed by atoms with Gasteiger partial charge in [-0.1, -0.05) is 0 Å². The first-order valence-electron chi connectivity index (χ1n) is 10.2. The van der Waals surface area contributed by atoms with Gasteiger partial charge in [-0.3, -0.25) is 0 Å². The smallest absolute Gasteiger partial charge is 0.407 e. The van der Waals surface area contributed by atoms with Crippen LogP contribution in [-0.4, -0.2) is 54.6 Å². The maximum Gasteiger partial charge on any atom is 0.407 e. The number of nitrogens with one attached hydrogen (secondary N) is 1. The molecular formula is C22H27F2N3O4. The monoisotopic (exact) mass is 435 g/mol. The zero-order chi connectivity index (χ0) is 22.8. The molecule has 2 heterocycles. The van der Waals surface area contributed by atoms with Crippen molar-refractivity contribution in [2.45, 2.75) is 51.9 Å². The van der Waals surface area contributed by atoms with E-state index in [0.29, 0.717) is 18.7 Å². The first kappa shape index (κ1) is 22.7. The number of halogens is 2. The summed E-state index contributed by atoms with van der Waals surface area (Å²) in [4.78, 5) is 30.1. The summed E-state index contributed by atoms with van der Waals surface area (Å²) in [6.45, 7) is 7.47. The average molecular weight is 435 g/mol. The highest BCUT2D eigenvalue weighted by Crippen LogP contribution is 2.30. The molecule has 1 fully saturated rings. The van der Waals surface area contributed by atoms with Crippen LogP contribution in [0, 0.1) is 5.82 Å². The molecule has 1 aromatic carbocycles. The molecule has 1 aliphatic heterocycles. The van der Waals surface area contributed by atoms with Gasteiger partial charge in [0.05, 0.1) is 30.4 Å². The van der Waals surface area contributed by atoms with Crippen molar-refractivity contribution in [2.75, 3.05) is 24.6 Å². The maximum atomic E-state index is 14.9. The van der Waals surface area contributed by atoms with Crippen LogP contribution < -0.4 is 10.2 Å². The molecule has 2 aromatic rings. The fourth-order valence-corrected chi connectivity index (χ4v) is 3.49. The number of pyridine rings is 1. The van der Waals surface area contributed by atoms with Gasteiger partial charge in [0, 0.05) is 11.9 Å². The number of piperidine rings is 1. The van der Waals surface area contributed by atoms with Crippen LogP contribution in [0.3, 0.4) is 0 Å². The van der Waals surface area contributed by atoms with E-state index < -0.39 is 35.7 Å². The maximum absolute atomic E-state index is 14.9. The highest BCUT2D eigenvalue weighted by molar-refractivity contribution is 5.96. The zero-order valence-corrected chi connectivity index (χ0v) is 18.1. The number of alkyl halides is 1. The molecule has 3 rings (SSSR count). The number of nitrogens with zero attached hydrogens (tertiary/aromatic N) is 2. The fourth-order valence-electron chi connectivity index (χ4n) is 3.49. The number of ether oxygens (including phenoxy) is 2. The van der Waals surface area contributed by atoms with Crippen LogP contribution in [0.25, 0.3) is 10.9 Å². The predicted molar refractivity (Wildman–Crippen MR) is 113 cm³/mol. The second-order valence-electron chi connectivity index (χ2n) is 8.38. The number of hydrogen-bond acceptors (Lipinski definition) is 6. The molecule has 1 amide bonds. The summed E-state index contributed by atoms with van der Waals surface area (Å²) in [5.41, 5.74) is 0.156. The van der Waals surface area contributed by atoms with Gasteiger partial charge in [0.1, 0.15) is 23.3 Å². The molecule has 1 aliphatic rings. The van der Waals surface area contributed by atoms with Gasteiger partial charge in [-0.25, -0.2) is 23.4 Å². The Kier molecular flexibility index (Phi) is 6.62. The van der Waals surface area contributed by atoms with Crippen molar-refractivity contribution >= 4 is 28.7 Å². The fraction of sp³-hybridized carbons (Fsp3) is 0.500. The largest absolute Gasteiger partial charge is 0.461 e. The molecule has 168 valence electrons. The van der Waals surface area contributed by atoms with Crippen molar-refractivity contribution in [3.05, 3.63) is 35.8 Å². The van der Waals surface area contributed by atoms with Crippen LogP contribution in [0.15, 0.2) is 24.3 Å². The zero-order valence-electron chi connectivity index (χ0n) is 18.1. The van der Waals surface area contributed by atoms with Crippen LogP contribution >= 0.6 is 0 Å². The molecule has 0 aliphatic carbocycles. The van der Waals surface area contributed by atoms with E-state index in [1.165, 1.54) is 24.3 Å². The molecule has 1 N–H and O–H groups in total. The van der Waals surface area contributed by atoms with Gasteiger partial charge in [-0.2, -0.15) is 0 Å². The summed E-state index contributed by atoms with van der Waals surface area (Å²) < 4.78 is 39.4. The minimum absolute atomic E-state index is 0.0213. The van der Waals surface area contributed by atoms with E-state index in [0.717, 1.165) is 0 Å². The lowest BCUT2D eigenvalue weighted by Gasteiger charge is -2.37. The van der Waals surface area contributed by atoms with Crippen molar-refractivity contribution in [3.8, 4) is 0 Å². The SMILES string of the molecule is CCOC(=O)c1ccc2c(F)ccc(N3CCC(NC(=O)OC(C)(C)C)C(F)C3)c2n1. The average Bonchev–Trinajstić information content (AvgIpc) is 2.68. The summed E-state index contributed by atoms with van der Waals surface area (Å²) >= 11 is 0. The Balaban J connectivity index is 1.81. The van der Waals surface area contributed by atoms with Crippen LogP contribution in [0.4, 0.5) is 19.3 Å². The van der Waals surface area contributed by atoms with E-state index in [1.54, 1.807) is 32.6 Å². The normalized spacial score (nSPS) is 19.2. The molecule has 0 radical (unpaired) electrons. The quantitative estimate of drug-likeness (QED) is 0.732. The first-order valence-corrected chi connectivity index (χ1v) is 10.2. The van der Waals surface area contributed by atoms with E-state index in [4.69, 9.17) is 9.47 Å². The van der Waals surface area contributed by atoms with Gasteiger partial charge in [0.25, 0.3) is 0 Å².